The van der Waals surface area contributed by atoms with E-state index in [0.29, 0.717) is 18.3 Å². The second-order valence-corrected chi connectivity index (χ2v) is 7.66. The van der Waals surface area contributed by atoms with Gasteiger partial charge < -0.3 is 9.80 Å². The first-order valence-corrected chi connectivity index (χ1v) is 9.07. The Morgan fingerprint density at radius 2 is 2.14 bits per heavy atom. The summed E-state index contributed by atoms with van der Waals surface area (Å²) < 4.78 is 23.2. The summed E-state index contributed by atoms with van der Waals surface area (Å²) in [6.45, 7) is 4.44. The van der Waals surface area contributed by atoms with E-state index < -0.39 is 14.8 Å². The number of likely N-dealkylation sites (N-methyl/N-ethyl adjacent to an activating group) is 1. The topological polar surface area (TPSA) is 83.8 Å². The summed E-state index contributed by atoms with van der Waals surface area (Å²) in [6.07, 6.45) is 1.99. The Bertz CT molecular complexity index is 675. The summed E-state index contributed by atoms with van der Waals surface area (Å²) in [5, 5.41) is 11.3. The summed E-state index contributed by atoms with van der Waals surface area (Å²) in [6, 6.07) is 4.50. The Kier molecular flexibility index (Phi) is 4.72. The normalized spacial score (nSPS) is 18.9. The molecule has 0 bridgehead atoms. The van der Waals surface area contributed by atoms with Crippen LogP contribution in [0.4, 0.5) is 11.4 Å². The lowest BCUT2D eigenvalue weighted by molar-refractivity contribution is -0.384. The molecule has 1 saturated heterocycles. The van der Waals surface area contributed by atoms with Crippen molar-refractivity contribution in [3.63, 3.8) is 0 Å². The molecule has 7 nitrogen and oxygen atoms in total. The molecule has 0 amide bonds. The maximum atomic E-state index is 11.6. The largest absolute Gasteiger partial charge is 0.364 e. The van der Waals surface area contributed by atoms with E-state index in [2.05, 4.69) is 11.8 Å². The minimum absolute atomic E-state index is 0.0237. The van der Waals surface area contributed by atoms with Gasteiger partial charge in [0.1, 0.15) is 5.69 Å². The number of nitro benzene ring substituents is 1. The number of anilines is 1. The van der Waals surface area contributed by atoms with Crippen LogP contribution in [0.5, 0.6) is 0 Å². The molecule has 0 aromatic heterocycles. The van der Waals surface area contributed by atoms with E-state index >= 15 is 0 Å². The molecule has 1 aromatic rings. The van der Waals surface area contributed by atoms with Gasteiger partial charge in [0.2, 0.25) is 0 Å². The average Bonchev–Trinajstić information content (AvgIpc) is 2.94. The van der Waals surface area contributed by atoms with Crippen LogP contribution in [0.25, 0.3) is 0 Å². The molecule has 2 rings (SSSR count). The van der Waals surface area contributed by atoms with Crippen LogP contribution in [-0.2, 0) is 9.84 Å². The zero-order valence-electron chi connectivity index (χ0n) is 13.0. The van der Waals surface area contributed by atoms with Gasteiger partial charge in [0.25, 0.3) is 5.69 Å². The van der Waals surface area contributed by atoms with Gasteiger partial charge in [-0.15, -0.1) is 0 Å². The van der Waals surface area contributed by atoms with E-state index in [1.165, 1.54) is 6.07 Å². The lowest BCUT2D eigenvalue weighted by atomic mass is 10.2. The first kappa shape index (κ1) is 16.7. The zero-order chi connectivity index (χ0) is 16.5. The highest BCUT2D eigenvalue weighted by atomic mass is 32.2. The van der Waals surface area contributed by atoms with Crippen LogP contribution in [0.3, 0.4) is 0 Å². The van der Waals surface area contributed by atoms with Gasteiger partial charge in [-0.3, -0.25) is 10.1 Å². The number of hydrogen-bond acceptors (Lipinski definition) is 6. The Morgan fingerprint density at radius 1 is 1.45 bits per heavy atom. The van der Waals surface area contributed by atoms with Crippen LogP contribution in [0.1, 0.15) is 13.3 Å². The monoisotopic (exact) mass is 327 g/mol. The molecule has 1 aliphatic rings. The van der Waals surface area contributed by atoms with Crippen molar-refractivity contribution in [2.45, 2.75) is 24.3 Å². The van der Waals surface area contributed by atoms with Crippen LogP contribution >= 0.6 is 0 Å². The van der Waals surface area contributed by atoms with Gasteiger partial charge in [-0.1, -0.05) is 6.92 Å². The SMILES string of the molecule is CCN(C)C1CCN(c2ccc(S(C)(=O)=O)cc2[N+](=O)[O-])C1. The maximum absolute atomic E-state index is 11.6. The van der Waals surface area contributed by atoms with E-state index in [-0.39, 0.29) is 10.6 Å². The molecule has 0 aliphatic carbocycles. The van der Waals surface area contributed by atoms with Crippen LogP contribution < -0.4 is 4.90 Å². The van der Waals surface area contributed by atoms with E-state index in [9.17, 15) is 18.5 Å². The summed E-state index contributed by atoms with van der Waals surface area (Å²) >= 11 is 0. The van der Waals surface area contributed by atoms with Crippen molar-refractivity contribution >= 4 is 21.2 Å². The Morgan fingerprint density at radius 3 is 2.68 bits per heavy atom. The van der Waals surface area contributed by atoms with E-state index in [4.69, 9.17) is 0 Å². The average molecular weight is 327 g/mol. The van der Waals surface area contributed by atoms with Gasteiger partial charge in [-0.25, -0.2) is 8.42 Å². The van der Waals surface area contributed by atoms with E-state index in [1.807, 2.05) is 11.9 Å². The van der Waals surface area contributed by atoms with Gasteiger partial charge in [-0.2, -0.15) is 0 Å². The molecule has 0 spiro atoms. The molecule has 22 heavy (non-hydrogen) atoms. The van der Waals surface area contributed by atoms with E-state index in [1.54, 1.807) is 6.07 Å². The third kappa shape index (κ3) is 3.38. The molecule has 122 valence electrons. The zero-order valence-corrected chi connectivity index (χ0v) is 13.8. The number of nitro groups is 1. The van der Waals surface area contributed by atoms with Crippen molar-refractivity contribution in [1.82, 2.24) is 4.90 Å². The van der Waals surface area contributed by atoms with E-state index in [0.717, 1.165) is 31.8 Å². The number of rotatable bonds is 5. The fourth-order valence-corrected chi connectivity index (χ4v) is 3.37. The molecular formula is C14H21N3O4S. The van der Waals surface area contributed by atoms with Gasteiger partial charge in [0.05, 0.1) is 9.82 Å². The van der Waals surface area contributed by atoms with Crippen molar-refractivity contribution < 1.29 is 13.3 Å². The molecule has 1 aromatic carbocycles. The van der Waals surface area contributed by atoms with Crippen LogP contribution in [-0.4, -0.2) is 57.2 Å². The van der Waals surface area contributed by atoms with Crippen molar-refractivity contribution in [2.75, 3.05) is 37.8 Å². The fraction of sp³-hybridized carbons (Fsp3) is 0.571. The molecule has 1 unspecified atom stereocenters. The predicted octanol–water partition coefficient (Wildman–Crippen LogP) is 1.53. The summed E-state index contributed by atoms with van der Waals surface area (Å²) in [7, 11) is -1.42. The quantitative estimate of drug-likeness (QED) is 0.602. The van der Waals surface area contributed by atoms with Crippen molar-refractivity contribution in [1.29, 1.82) is 0 Å². The van der Waals surface area contributed by atoms with Crippen molar-refractivity contribution in [3.05, 3.63) is 28.3 Å². The van der Waals surface area contributed by atoms with Crippen LogP contribution in [0, 0.1) is 10.1 Å². The lowest BCUT2D eigenvalue weighted by Gasteiger charge is -2.23. The summed E-state index contributed by atoms with van der Waals surface area (Å²) in [4.78, 5) is 14.9. The Balaban J connectivity index is 2.34. The number of nitrogens with zero attached hydrogens (tertiary/aromatic N) is 3. The van der Waals surface area contributed by atoms with Gasteiger partial charge in [0, 0.05) is 31.5 Å². The molecule has 1 fully saturated rings. The molecule has 1 heterocycles. The third-order valence-corrected chi connectivity index (χ3v) is 5.31. The minimum Gasteiger partial charge on any atom is -0.364 e. The number of benzene rings is 1. The van der Waals surface area contributed by atoms with Crippen molar-refractivity contribution in [2.24, 2.45) is 0 Å². The van der Waals surface area contributed by atoms with Crippen molar-refractivity contribution in [3.8, 4) is 0 Å². The smallest absolute Gasteiger partial charge is 0.293 e. The second-order valence-electron chi connectivity index (χ2n) is 5.64. The fourth-order valence-electron chi connectivity index (χ4n) is 2.73. The van der Waals surface area contributed by atoms with Gasteiger partial charge in [0.15, 0.2) is 9.84 Å². The Hall–Kier alpha value is -1.67. The van der Waals surface area contributed by atoms with Gasteiger partial charge in [-0.05, 0) is 32.1 Å². The standard InChI is InChI=1S/C14H21N3O4S/c1-4-15(2)11-7-8-16(10-11)13-6-5-12(22(3,20)21)9-14(13)17(18)19/h5-6,9,11H,4,7-8,10H2,1-3H3. The molecule has 0 radical (unpaired) electrons. The molecule has 0 saturated carbocycles. The van der Waals surface area contributed by atoms with Crippen LogP contribution in [0.15, 0.2) is 23.1 Å². The molecule has 8 heteroatoms. The predicted molar refractivity (Wildman–Crippen MR) is 85.1 cm³/mol. The molecule has 1 aliphatic heterocycles. The first-order chi connectivity index (χ1) is 10.2. The number of hydrogen-bond donors (Lipinski definition) is 0. The highest BCUT2D eigenvalue weighted by Gasteiger charge is 2.30. The minimum atomic E-state index is -3.46. The highest BCUT2D eigenvalue weighted by molar-refractivity contribution is 7.90. The maximum Gasteiger partial charge on any atom is 0.293 e. The molecule has 1 atom stereocenters. The molecule has 0 N–H and O–H groups in total. The molecular weight excluding hydrogens is 306 g/mol. The highest BCUT2D eigenvalue weighted by Crippen LogP contribution is 2.33. The Labute approximate surface area is 130 Å². The first-order valence-electron chi connectivity index (χ1n) is 7.17. The lowest BCUT2D eigenvalue weighted by Crippen LogP contribution is -2.34. The second kappa shape index (κ2) is 6.21. The summed E-state index contributed by atoms with van der Waals surface area (Å²) in [5.74, 6) is 0. The third-order valence-electron chi connectivity index (χ3n) is 4.20. The number of sulfone groups is 1. The van der Waals surface area contributed by atoms with Crippen LogP contribution in [0.2, 0.25) is 0 Å². The summed E-state index contributed by atoms with van der Waals surface area (Å²) in [5.41, 5.74) is 0.340. The van der Waals surface area contributed by atoms with Gasteiger partial charge >= 0.3 is 0 Å².